The summed E-state index contributed by atoms with van der Waals surface area (Å²) in [6, 6.07) is 9.54. The maximum Gasteiger partial charge on any atom is 0.322 e. The molecule has 1 aromatic rings. The molecule has 5 heteroatoms. The van der Waals surface area contributed by atoms with Crippen molar-refractivity contribution in [2.45, 2.75) is 37.5 Å². The first kappa shape index (κ1) is 17.7. The van der Waals surface area contributed by atoms with Crippen molar-refractivity contribution in [3.63, 3.8) is 0 Å². The smallest absolute Gasteiger partial charge is 0.322 e. The third-order valence-corrected chi connectivity index (χ3v) is 4.69. The van der Waals surface area contributed by atoms with Crippen LogP contribution in [0, 0.1) is 6.57 Å². The Balaban J connectivity index is 3.02. The van der Waals surface area contributed by atoms with Gasteiger partial charge in [0.1, 0.15) is 4.75 Å². The molecular weight excluding hydrogens is 302 g/mol. The predicted octanol–water partition coefficient (Wildman–Crippen LogP) is 4.11. The SMILES string of the molecule is [C-]#[N+]C(C)(C)CC(C)(SC(=S)c1ccccc1)C(=O)OC. The molecule has 0 aromatic heterocycles. The second-order valence-electron chi connectivity index (χ2n) is 5.58. The highest BCUT2D eigenvalue weighted by molar-refractivity contribution is 8.25. The maximum absolute atomic E-state index is 12.2. The average Bonchev–Trinajstić information content (AvgIpc) is 2.46. The van der Waals surface area contributed by atoms with E-state index in [2.05, 4.69) is 4.85 Å². The third-order valence-electron chi connectivity index (χ3n) is 3.02. The van der Waals surface area contributed by atoms with Crippen molar-refractivity contribution >= 4 is 34.1 Å². The van der Waals surface area contributed by atoms with Crippen molar-refractivity contribution in [2.24, 2.45) is 0 Å². The van der Waals surface area contributed by atoms with Gasteiger partial charge < -0.3 is 9.58 Å². The Morgan fingerprint density at radius 2 is 1.90 bits per heavy atom. The molecule has 112 valence electrons. The zero-order chi connectivity index (χ0) is 16.1. The standard InChI is InChI=1S/C16H19NO2S2/c1-15(2,17-4)11-16(3,14(18)19-5)21-13(20)12-9-7-6-8-10-12/h6-10H,11H2,1-3,5H3. The number of carbonyl (C=O) groups excluding carboxylic acids is 1. The topological polar surface area (TPSA) is 30.7 Å². The van der Waals surface area contributed by atoms with Gasteiger partial charge in [0.2, 0.25) is 5.54 Å². The van der Waals surface area contributed by atoms with E-state index in [-0.39, 0.29) is 5.97 Å². The zero-order valence-electron chi connectivity index (χ0n) is 12.7. The summed E-state index contributed by atoms with van der Waals surface area (Å²) in [4.78, 5) is 15.8. The molecule has 0 aliphatic carbocycles. The third kappa shape index (κ3) is 4.83. The molecule has 0 radical (unpaired) electrons. The summed E-state index contributed by atoms with van der Waals surface area (Å²) >= 11 is 6.73. The fraction of sp³-hybridized carbons (Fsp3) is 0.438. The van der Waals surface area contributed by atoms with E-state index in [0.717, 1.165) is 5.56 Å². The summed E-state index contributed by atoms with van der Waals surface area (Å²) in [5.41, 5.74) is 0.246. The summed E-state index contributed by atoms with van der Waals surface area (Å²) < 4.78 is 4.67. The molecule has 0 aliphatic rings. The lowest BCUT2D eigenvalue weighted by atomic mass is 9.92. The van der Waals surface area contributed by atoms with Crippen molar-refractivity contribution in [3.8, 4) is 0 Å². The first-order chi connectivity index (χ1) is 9.74. The van der Waals surface area contributed by atoms with Gasteiger partial charge in [-0.25, -0.2) is 6.57 Å². The van der Waals surface area contributed by atoms with Crippen molar-refractivity contribution < 1.29 is 9.53 Å². The maximum atomic E-state index is 12.2. The van der Waals surface area contributed by atoms with Gasteiger partial charge in [-0.15, -0.1) is 0 Å². The fourth-order valence-electron chi connectivity index (χ4n) is 2.07. The van der Waals surface area contributed by atoms with Crippen LogP contribution in [0.25, 0.3) is 4.85 Å². The molecule has 0 aliphatic heterocycles. The number of thioether (sulfide) groups is 1. The van der Waals surface area contributed by atoms with E-state index in [0.29, 0.717) is 10.6 Å². The summed E-state index contributed by atoms with van der Waals surface area (Å²) in [7, 11) is 1.36. The Morgan fingerprint density at radius 1 is 1.33 bits per heavy atom. The Bertz CT molecular complexity index is 563. The molecule has 0 N–H and O–H groups in total. The van der Waals surface area contributed by atoms with Crippen LogP contribution >= 0.6 is 24.0 Å². The van der Waals surface area contributed by atoms with Crippen LogP contribution < -0.4 is 0 Å². The van der Waals surface area contributed by atoms with E-state index in [9.17, 15) is 4.79 Å². The monoisotopic (exact) mass is 321 g/mol. The lowest BCUT2D eigenvalue weighted by Crippen LogP contribution is -2.40. The molecule has 0 spiro atoms. The highest BCUT2D eigenvalue weighted by Crippen LogP contribution is 2.38. The average molecular weight is 321 g/mol. The van der Waals surface area contributed by atoms with Crippen molar-refractivity contribution in [2.75, 3.05) is 7.11 Å². The van der Waals surface area contributed by atoms with Gasteiger partial charge in [0.25, 0.3) is 0 Å². The minimum absolute atomic E-state index is 0.359. The summed E-state index contributed by atoms with van der Waals surface area (Å²) in [5, 5.41) is 0. The molecule has 1 atom stereocenters. The van der Waals surface area contributed by atoms with Crippen LogP contribution in [0.2, 0.25) is 0 Å². The number of ether oxygens (including phenoxy) is 1. The van der Waals surface area contributed by atoms with Gasteiger partial charge in [-0.3, -0.25) is 4.79 Å². The van der Waals surface area contributed by atoms with Crippen molar-refractivity contribution in [1.82, 2.24) is 0 Å². The first-order valence-electron chi connectivity index (χ1n) is 6.49. The van der Waals surface area contributed by atoms with Gasteiger partial charge in [0, 0.05) is 13.8 Å². The van der Waals surface area contributed by atoms with Gasteiger partial charge in [0.05, 0.1) is 17.7 Å². The molecule has 0 saturated carbocycles. The molecule has 0 bridgehead atoms. The Kier molecular flexibility index (Phi) is 5.94. The van der Waals surface area contributed by atoms with Crippen LogP contribution in [0.15, 0.2) is 30.3 Å². The Labute approximate surface area is 135 Å². The largest absolute Gasteiger partial charge is 0.468 e. The molecule has 0 fully saturated rings. The van der Waals surface area contributed by atoms with E-state index < -0.39 is 10.3 Å². The van der Waals surface area contributed by atoms with E-state index in [4.69, 9.17) is 23.5 Å². The zero-order valence-corrected chi connectivity index (χ0v) is 14.3. The Morgan fingerprint density at radius 3 is 2.38 bits per heavy atom. The van der Waals surface area contributed by atoms with Gasteiger partial charge >= 0.3 is 5.97 Å². The number of thiocarbonyl (C=S) groups is 1. The van der Waals surface area contributed by atoms with Crippen LogP contribution in [0.5, 0.6) is 0 Å². The summed E-state index contributed by atoms with van der Waals surface area (Å²) in [6.45, 7) is 12.7. The number of methoxy groups -OCH3 is 1. The molecule has 1 aromatic carbocycles. The second-order valence-corrected chi connectivity index (χ2v) is 7.76. The first-order valence-corrected chi connectivity index (χ1v) is 7.72. The number of benzene rings is 1. The Hall–Kier alpha value is -1.38. The number of hydrogen-bond acceptors (Lipinski definition) is 4. The van der Waals surface area contributed by atoms with Crippen LogP contribution in [-0.2, 0) is 9.53 Å². The fourth-order valence-corrected chi connectivity index (χ4v) is 4.01. The molecule has 0 amide bonds. The summed E-state index contributed by atoms with van der Waals surface area (Å²) in [5.74, 6) is -0.359. The van der Waals surface area contributed by atoms with Crippen LogP contribution in [0.4, 0.5) is 0 Å². The number of hydrogen-bond donors (Lipinski definition) is 0. The normalized spacial score (nSPS) is 13.9. The number of esters is 1. The van der Waals surface area contributed by atoms with Gasteiger partial charge in [0.15, 0.2) is 0 Å². The highest BCUT2D eigenvalue weighted by atomic mass is 32.2. The van der Waals surface area contributed by atoms with Crippen LogP contribution in [-0.4, -0.2) is 27.6 Å². The molecule has 1 rings (SSSR count). The minimum atomic E-state index is -0.879. The predicted molar refractivity (Wildman–Crippen MR) is 91.5 cm³/mol. The van der Waals surface area contributed by atoms with E-state index in [1.807, 2.05) is 44.2 Å². The lowest BCUT2D eigenvalue weighted by molar-refractivity contribution is -0.143. The number of rotatable bonds is 5. The highest BCUT2D eigenvalue weighted by Gasteiger charge is 2.44. The number of carbonyl (C=O) groups is 1. The van der Waals surface area contributed by atoms with Crippen molar-refractivity contribution in [3.05, 3.63) is 47.3 Å². The molecule has 0 heterocycles. The van der Waals surface area contributed by atoms with E-state index in [1.54, 1.807) is 6.92 Å². The summed E-state index contributed by atoms with van der Waals surface area (Å²) in [6.07, 6.45) is 0.369. The minimum Gasteiger partial charge on any atom is -0.468 e. The van der Waals surface area contributed by atoms with E-state index >= 15 is 0 Å². The molecular formula is C16H19NO2S2. The van der Waals surface area contributed by atoms with Crippen molar-refractivity contribution in [1.29, 1.82) is 0 Å². The molecule has 1 unspecified atom stereocenters. The molecule has 21 heavy (non-hydrogen) atoms. The number of nitrogens with zero attached hydrogens (tertiary/aromatic N) is 1. The van der Waals surface area contributed by atoms with Crippen LogP contribution in [0.1, 0.15) is 32.8 Å². The van der Waals surface area contributed by atoms with Gasteiger partial charge in [-0.2, -0.15) is 0 Å². The van der Waals surface area contributed by atoms with E-state index in [1.165, 1.54) is 18.9 Å². The lowest BCUT2D eigenvalue weighted by Gasteiger charge is -2.29. The quantitative estimate of drug-likeness (QED) is 0.464. The molecule has 0 saturated heterocycles. The second kappa shape index (κ2) is 7.06. The van der Waals surface area contributed by atoms with Gasteiger partial charge in [-0.05, 0) is 12.5 Å². The van der Waals surface area contributed by atoms with Gasteiger partial charge in [-0.1, -0.05) is 54.3 Å². The molecule has 3 nitrogen and oxygen atoms in total. The van der Waals surface area contributed by atoms with Crippen LogP contribution in [0.3, 0.4) is 0 Å².